The maximum absolute atomic E-state index is 12.6. The van der Waals surface area contributed by atoms with Crippen molar-refractivity contribution in [3.8, 4) is 0 Å². The first-order chi connectivity index (χ1) is 18.2. The third-order valence-electron chi connectivity index (χ3n) is 6.10. The molecule has 1 amide bonds. The van der Waals surface area contributed by atoms with Gasteiger partial charge >= 0.3 is 0 Å². The fraction of sp³-hybridized carbons (Fsp3) is 0.167. The van der Waals surface area contributed by atoms with Gasteiger partial charge in [-0.05, 0) is 59.9 Å². The van der Waals surface area contributed by atoms with E-state index in [1.807, 2.05) is 72.9 Å². The fourth-order valence-electron chi connectivity index (χ4n) is 4.17. The van der Waals surface area contributed by atoms with Crippen LogP contribution in [0.15, 0.2) is 102 Å². The maximum Gasteiger partial charge on any atom is 0.251 e. The van der Waals surface area contributed by atoms with E-state index in [0.717, 1.165) is 50.9 Å². The zero-order chi connectivity index (χ0) is 25.5. The Bertz CT molecular complexity index is 1490. The first kappa shape index (κ1) is 25.1. The monoisotopic (exact) mass is 526 g/mol. The highest BCUT2D eigenvalue weighted by Crippen LogP contribution is 2.28. The number of nitrogens with zero attached hydrogens (tertiary/aromatic N) is 3. The Kier molecular flexibility index (Phi) is 8.18. The summed E-state index contributed by atoms with van der Waals surface area (Å²) in [5.41, 5.74) is 6.08. The third kappa shape index (κ3) is 6.59. The molecule has 5 aromatic rings. The first-order valence-electron chi connectivity index (χ1n) is 12.2. The number of fused-ring (bicyclic) bond motifs is 1. The van der Waals surface area contributed by atoms with Crippen molar-refractivity contribution >= 4 is 40.3 Å². The molecule has 0 saturated heterocycles. The van der Waals surface area contributed by atoms with Gasteiger partial charge in [-0.2, -0.15) is 0 Å². The molecule has 0 saturated carbocycles. The van der Waals surface area contributed by atoms with Gasteiger partial charge in [0.25, 0.3) is 5.91 Å². The molecule has 2 aromatic heterocycles. The summed E-state index contributed by atoms with van der Waals surface area (Å²) in [6.45, 7) is 1.29. The van der Waals surface area contributed by atoms with Gasteiger partial charge in [-0.1, -0.05) is 78.0 Å². The number of benzene rings is 3. The normalized spacial score (nSPS) is 11.1. The van der Waals surface area contributed by atoms with Gasteiger partial charge in [-0.3, -0.25) is 9.78 Å². The average Bonchev–Trinajstić information content (AvgIpc) is 3.28. The van der Waals surface area contributed by atoms with Crippen molar-refractivity contribution in [3.05, 3.63) is 125 Å². The van der Waals surface area contributed by atoms with Crippen molar-refractivity contribution in [2.45, 2.75) is 30.3 Å². The number of hydrogen-bond acceptors (Lipinski definition) is 4. The summed E-state index contributed by atoms with van der Waals surface area (Å²) in [7, 11) is 0. The molecule has 7 heteroatoms. The summed E-state index contributed by atoms with van der Waals surface area (Å²) < 4.78 is 2.18. The van der Waals surface area contributed by atoms with E-state index in [4.69, 9.17) is 16.6 Å². The number of imidazole rings is 1. The van der Waals surface area contributed by atoms with Crippen LogP contribution in [0.4, 0.5) is 0 Å². The number of halogens is 1. The summed E-state index contributed by atoms with van der Waals surface area (Å²) in [6, 6.07) is 27.9. The van der Waals surface area contributed by atoms with E-state index >= 15 is 0 Å². The van der Waals surface area contributed by atoms with E-state index in [9.17, 15) is 4.79 Å². The molecule has 5 nitrogen and oxygen atoms in total. The van der Waals surface area contributed by atoms with Gasteiger partial charge in [-0.15, -0.1) is 0 Å². The second kappa shape index (κ2) is 12.1. The van der Waals surface area contributed by atoms with Crippen molar-refractivity contribution in [2.24, 2.45) is 0 Å². The molecule has 0 radical (unpaired) electrons. The minimum absolute atomic E-state index is 0.0466. The number of hydrogen-bond donors (Lipinski definition) is 1. The minimum Gasteiger partial charge on any atom is -0.352 e. The van der Waals surface area contributed by atoms with Crippen molar-refractivity contribution < 1.29 is 4.79 Å². The Labute approximate surface area is 225 Å². The van der Waals surface area contributed by atoms with Crippen LogP contribution >= 0.6 is 23.4 Å². The van der Waals surface area contributed by atoms with Crippen LogP contribution in [0.25, 0.3) is 11.0 Å². The molecular formula is C30H27ClN4OS. The van der Waals surface area contributed by atoms with Gasteiger partial charge in [0, 0.05) is 29.1 Å². The summed E-state index contributed by atoms with van der Waals surface area (Å²) in [5, 5.41) is 4.68. The highest BCUT2D eigenvalue weighted by atomic mass is 35.5. The number of pyridine rings is 1. The predicted octanol–water partition coefficient (Wildman–Crippen LogP) is 6.79. The Morgan fingerprint density at radius 1 is 0.919 bits per heavy atom. The molecule has 3 aromatic carbocycles. The second-order valence-electron chi connectivity index (χ2n) is 8.81. The van der Waals surface area contributed by atoms with Crippen molar-refractivity contribution in [1.82, 2.24) is 19.9 Å². The van der Waals surface area contributed by atoms with Crippen LogP contribution < -0.4 is 5.32 Å². The molecule has 0 bridgehead atoms. The second-order valence-corrected chi connectivity index (χ2v) is 10.2. The summed E-state index contributed by atoms with van der Waals surface area (Å²) in [4.78, 5) is 21.8. The van der Waals surface area contributed by atoms with E-state index < -0.39 is 0 Å². The topological polar surface area (TPSA) is 59.8 Å². The van der Waals surface area contributed by atoms with Gasteiger partial charge in [0.1, 0.15) is 0 Å². The molecule has 0 unspecified atom stereocenters. The van der Waals surface area contributed by atoms with E-state index in [-0.39, 0.29) is 5.91 Å². The quantitative estimate of drug-likeness (QED) is 0.161. The number of carbonyl (C=O) groups excluding carboxylic acids is 1. The lowest BCUT2D eigenvalue weighted by Gasteiger charge is -2.10. The zero-order valence-electron chi connectivity index (χ0n) is 20.3. The van der Waals surface area contributed by atoms with Gasteiger partial charge in [0.15, 0.2) is 5.16 Å². The molecule has 0 fully saturated rings. The van der Waals surface area contributed by atoms with E-state index in [0.29, 0.717) is 18.7 Å². The molecule has 2 heterocycles. The molecule has 1 N–H and O–H groups in total. The molecule has 0 aliphatic heterocycles. The maximum atomic E-state index is 12.6. The van der Waals surface area contributed by atoms with Crippen molar-refractivity contribution in [2.75, 3.05) is 6.54 Å². The minimum atomic E-state index is -0.0466. The van der Waals surface area contributed by atoms with Crippen LogP contribution in [-0.4, -0.2) is 27.0 Å². The van der Waals surface area contributed by atoms with Crippen molar-refractivity contribution in [1.29, 1.82) is 0 Å². The van der Waals surface area contributed by atoms with Crippen LogP contribution in [0.3, 0.4) is 0 Å². The van der Waals surface area contributed by atoms with E-state index in [1.54, 1.807) is 18.0 Å². The number of carbonyl (C=O) groups is 1. The van der Waals surface area contributed by atoms with Crippen LogP contribution in [0, 0.1) is 0 Å². The van der Waals surface area contributed by atoms with E-state index in [2.05, 4.69) is 33.1 Å². The lowest BCUT2D eigenvalue weighted by molar-refractivity contribution is 0.0953. The highest BCUT2D eigenvalue weighted by Gasteiger charge is 2.13. The Morgan fingerprint density at radius 3 is 2.54 bits per heavy atom. The van der Waals surface area contributed by atoms with Gasteiger partial charge < -0.3 is 9.88 Å². The molecule has 186 valence electrons. The van der Waals surface area contributed by atoms with Crippen molar-refractivity contribution in [3.63, 3.8) is 0 Å². The third-order valence-corrected chi connectivity index (χ3v) is 7.38. The highest BCUT2D eigenvalue weighted by molar-refractivity contribution is 7.98. The molecule has 0 aliphatic rings. The Morgan fingerprint density at radius 2 is 1.73 bits per heavy atom. The number of rotatable bonds is 10. The lowest BCUT2D eigenvalue weighted by atomic mass is 10.1. The number of nitrogens with one attached hydrogen (secondary N) is 1. The van der Waals surface area contributed by atoms with E-state index in [1.165, 1.54) is 5.56 Å². The number of aromatic nitrogens is 3. The summed E-state index contributed by atoms with van der Waals surface area (Å²) in [6.07, 6.45) is 5.47. The van der Waals surface area contributed by atoms with Crippen LogP contribution in [-0.2, 0) is 18.7 Å². The van der Waals surface area contributed by atoms with Crippen LogP contribution in [0.5, 0.6) is 0 Å². The molecule has 0 spiro atoms. The van der Waals surface area contributed by atoms with Gasteiger partial charge in [0.05, 0.1) is 23.8 Å². The van der Waals surface area contributed by atoms with Gasteiger partial charge in [-0.25, -0.2) is 4.98 Å². The Hall–Kier alpha value is -3.61. The first-order valence-corrected chi connectivity index (χ1v) is 13.6. The van der Waals surface area contributed by atoms with Crippen LogP contribution in [0.1, 0.15) is 33.5 Å². The van der Waals surface area contributed by atoms with Crippen LogP contribution in [0.2, 0.25) is 5.02 Å². The molecule has 0 aliphatic carbocycles. The summed E-state index contributed by atoms with van der Waals surface area (Å²) in [5.74, 6) is 0.718. The standard InChI is InChI=1S/C30H27ClN4OS/c31-26-10-4-8-24(18-26)21-37-30-34-27-15-17-32-19-28(27)35(30)20-23-11-13-25(14-12-23)29(36)33-16-5-9-22-6-2-1-3-7-22/h1-4,6-8,10-15,17-19H,5,9,16,20-21H2,(H,33,36). The molecule has 0 atom stereocenters. The fourth-order valence-corrected chi connectivity index (χ4v) is 5.34. The predicted molar refractivity (Wildman–Crippen MR) is 151 cm³/mol. The number of amides is 1. The largest absolute Gasteiger partial charge is 0.352 e. The molecular weight excluding hydrogens is 500 g/mol. The zero-order valence-corrected chi connectivity index (χ0v) is 21.9. The SMILES string of the molecule is O=C(NCCCc1ccccc1)c1ccc(Cn2c(SCc3cccc(Cl)c3)nc3ccncc32)cc1. The summed E-state index contributed by atoms with van der Waals surface area (Å²) >= 11 is 7.83. The molecule has 5 rings (SSSR count). The number of aryl methyl sites for hydroxylation is 1. The average molecular weight is 527 g/mol. The lowest BCUT2D eigenvalue weighted by Crippen LogP contribution is -2.24. The smallest absolute Gasteiger partial charge is 0.251 e. The molecule has 37 heavy (non-hydrogen) atoms. The Balaban J connectivity index is 1.23. The van der Waals surface area contributed by atoms with Gasteiger partial charge in [0.2, 0.25) is 0 Å². The number of thioether (sulfide) groups is 1.